The fourth-order valence-electron chi connectivity index (χ4n) is 6.55. The molecule has 2 unspecified atom stereocenters. The smallest absolute Gasteiger partial charge is 0.220 e. The highest BCUT2D eigenvalue weighted by molar-refractivity contribution is 5.76. The number of rotatable bonds is 41. The molecule has 55 heavy (non-hydrogen) atoms. The first kappa shape index (κ1) is 52.6. The van der Waals surface area contributed by atoms with E-state index in [9.17, 15) is 15.0 Å². The van der Waals surface area contributed by atoms with Crippen LogP contribution in [0.3, 0.4) is 0 Å². The van der Waals surface area contributed by atoms with E-state index in [0.29, 0.717) is 6.42 Å². The number of amides is 1. The molecule has 0 heterocycles. The molecule has 1 amide bonds. The van der Waals surface area contributed by atoms with Crippen LogP contribution in [0.15, 0.2) is 85.1 Å². The summed E-state index contributed by atoms with van der Waals surface area (Å²) in [6.07, 6.45) is 67.0. The predicted molar refractivity (Wildman–Crippen MR) is 243 cm³/mol. The number of hydrogen-bond donors (Lipinski definition) is 3. The van der Waals surface area contributed by atoms with Gasteiger partial charge < -0.3 is 15.5 Å². The number of nitrogens with one attached hydrogen (secondary N) is 1. The van der Waals surface area contributed by atoms with Crippen molar-refractivity contribution in [1.82, 2.24) is 5.32 Å². The van der Waals surface area contributed by atoms with Crippen molar-refractivity contribution in [2.24, 2.45) is 0 Å². The van der Waals surface area contributed by atoms with Crippen LogP contribution in [-0.2, 0) is 4.79 Å². The van der Waals surface area contributed by atoms with Gasteiger partial charge in [0.05, 0.1) is 18.8 Å². The number of carbonyl (C=O) groups is 1. The number of allylic oxidation sites excluding steroid dienone is 13. The highest BCUT2D eigenvalue weighted by Crippen LogP contribution is 2.14. The molecule has 0 saturated carbocycles. The average molecular weight is 764 g/mol. The molecule has 0 aliphatic rings. The van der Waals surface area contributed by atoms with Crippen molar-refractivity contribution >= 4 is 5.91 Å². The lowest BCUT2D eigenvalue weighted by Gasteiger charge is -2.19. The Morgan fingerprint density at radius 2 is 0.818 bits per heavy atom. The van der Waals surface area contributed by atoms with Crippen LogP contribution in [0.2, 0.25) is 0 Å². The number of carbonyl (C=O) groups excluding carboxylic acids is 1. The van der Waals surface area contributed by atoms with Gasteiger partial charge in [-0.2, -0.15) is 0 Å². The molecular weight excluding hydrogens is 675 g/mol. The molecular formula is C51H89NO3. The van der Waals surface area contributed by atoms with Crippen molar-refractivity contribution in [2.45, 2.75) is 225 Å². The van der Waals surface area contributed by atoms with Crippen molar-refractivity contribution in [2.75, 3.05) is 6.61 Å². The molecule has 3 N–H and O–H groups in total. The summed E-state index contributed by atoms with van der Waals surface area (Å²) in [5.41, 5.74) is 0. The van der Waals surface area contributed by atoms with E-state index in [1.165, 1.54) is 128 Å². The maximum absolute atomic E-state index is 12.4. The highest BCUT2D eigenvalue weighted by atomic mass is 16.3. The van der Waals surface area contributed by atoms with Crippen molar-refractivity contribution in [3.63, 3.8) is 0 Å². The lowest BCUT2D eigenvalue weighted by atomic mass is 10.0. The first-order chi connectivity index (χ1) is 27.2. The third-order valence-electron chi connectivity index (χ3n) is 10.1. The lowest BCUT2D eigenvalue weighted by Crippen LogP contribution is -2.45. The van der Waals surface area contributed by atoms with E-state index in [2.05, 4.69) is 92.1 Å². The Labute approximate surface area is 341 Å². The average Bonchev–Trinajstić information content (AvgIpc) is 3.19. The molecule has 0 saturated heterocycles. The molecule has 0 fully saturated rings. The molecule has 0 aromatic rings. The molecule has 4 heteroatoms. The maximum atomic E-state index is 12.4. The molecule has 2 atom stereocenters. The largest absolute Gasteiger partial charge is 0.394 e. The number of unbranched alkanes of at least 4 members (excludes halogenated alkanes) is 22. The Balaban J connectivity index is 3.63. The van der Waals surface area contributed by atoms with Gasteiger partial charge in [-0.1, -0.05) is 208 Å². The third-order valence-corrected chi connectivity index (χ3v) is 10.1. The Morgan fingerprint density at radius 1 is 0.455 bits per heavy atom. The van der Waals surface area contributed by atoms with Gasteiger partial charge in [-0.15, -0.1) is 0 Å². The van der Waals surface area contributed by atoms with E-state index in [4.69, 9.17) is 0 Å². The fraction of sp³-hybridized carbons (Fsp3) is 0.706. The zero-order valence-electron chi connectivity index (χ0n) is 36.2. The highest BCUT2D eigenvalue weighted by Gasteiger charge is 2.17. The van der Waals surface area contributed by atoms with E-state index in [0.717, 1.165) is 64.2 Å². The normalized spacial score (nSPS) is 13.7. The standard InChI is InChI=1S/C51H89NO3/c1-3-5-7-9-11-13-15-17-19-21-23-24-25-26-27-28-29-31-33-35-37-39-41-43-45-47-51(55)52-49(48-53)50(54)46-44-42-40-38-36-34-32-30-22-20-18-16-14-12-10-8-6-4-2/h5,7,11,13,17,19,22-24,30,36,38,44,46,49-50,53-54H,3-4,6,8-10,12,14-16,18,20-21,25-29,31-35,37,39-43,45,47-48H2,1-2H3,(H,52,55)/b7-5-,13-11-,19-17-,24-23-,30-22+,38-36+,46-44+. The second kappa shape index (κ2) is 46.0. The quantitative estimate of drug-likeness (QED) is 0.0429. The molecule has 0 radical (unpaired) electrons. The van der Waals surface area contributed by atoms with Crippen molar-refractivity contribution in [3.05, 3.63) is 85.1 Å². The summed E-state index contributed by atoms with van der Waals surface area (Å²) in [5, 5.41) is 23.0. The van der Waals surface area contributed by atoms with Gasteiger partial charge in [0.1, 0.15) is 0 Å². The summed E-state index contributed by atoms with van der Waals surface area (Å²) in [5.74, 6) is -0.0836. The maximum Gasteiger partial charge on any atom is 0.220 e. The number of hydrogen-bond acceptors (Lipinski definition) is 3. The molecule has 4 nitrogen and oxygen atoms in total. The van der Waals surface area contributed by atoms with Gasteiger partial charge in [-0.25, -0.2) is 0 Å². The molecule has 316 valence electrons. The van der Waals surface area contributed by atoms with Crippen LogP contribution in [0.4, 0.5) is 0 Å². The molecule has 0 aromatic heterocycles. The van der Waals surface area contributed by atoms with Crippen molar-refractivity contribution in [3.8, 4) is 0 Å². The van der Waals surface area contributed by atoms with Crippen LogP contribution in [0.1, 0.15) is 213 Å². The molecule has 0 rings (SSSR count). The van der Waals surface area contributed by atoms with Gasteiger partial charge in [0.25, 0.3) is 0 Å². The van der Waals surface area contributed by atoms with Gasteiger partial charge in [0, 0.05) is 6.42 Å². The Bertz CT molecular complexity index is 1000. The summed E-state index contributed by atoms with van der Waals surface area (Å²) >= 11 is 0. The van der Waals surface area contributed by atoms with Crippen LogP contribution >= 0.6 is 0 Å². The molecule has 0 spiro atoms. The summed E-state index contributed by atoms with van der Waals surface area (Å²) in [7, 11) is 0. The topological polar surface area (TPSA) is 69.6 Å². The SMILES string of the molecule is CC/C=C\C/C=C\C/C=C\C/C=C\CCCCCCCCCCCCCCC(=O)NC(CO)C(O)/C=C/CC/C=C/CC/C=C/CCCCCCCCCC. The summed E-state index contributed by atoms with van der Waals surface area (Å²) in [6, 6.07) is -0.651. The summed E-state index contributed by atoms with van der Waals surface area (Å²) in [6.45, 7) is 4.17. The second-order valence-electron chi connectivity index (χ2n) is 15.4. The molecule has 0 bridgehead atoms. The Hall–Kier alpha value is -2.43. The number of aliphatic hydroxyl groups excluding tert-OH is 2. The van der Waals surface area contributed by atoms with Crippen LogP contribution in [0.25, 0.3) is 0 Å². The van der Waals surface area contributed by atoms with Gasteiger partial charge in [-0.3, -0.25) is 4.79 Å². The molecule has 0 aliphatic carbocycles. The first-order valence-electron chi connectivity index (χ1n) is 23.3. The minimum Gasteiger partial charge on any atom is -0.394 e. The van der Waals surface area contributed by atoms with Gasteiger partial charge in [-0.05, 0) is 83.5 Å². The van der Waals surface area contributed by atoms with E-state index in [1.807, 2.05) is 6.08 Å². The van der Waals surface area contributed by atoms with Crippen LogP contribution in [0.5, 0.6) is 0 Å². The predicted octanol–water partition coefficient (Wildman–Crippen LogP) is 14.9. The fourth-order valence-corrected chi connectivity index (χ4v) is 6.55. The Kier molecular flexibility index (Phi) is 43.9. The molecule has 0 aromatic carbocycles. The third kappa shape index (κ3) is 42.6. The van der Waals surface area contributed by atoms with Gasteiger partial charge in [0.2, 0.25) is 5.91 Å². The number of aliphatic hydroxyl groups is 2. The van der Waals surface area contributed by atoms with E-state index in [1.54, 1.807) is 6.08 Å². The van der Waals surface area contributed by atoms with Crippen molar-refractivity contribution in [1.29, 1.82) is 0 Å². The summed E-state index contributed by atoms with van der Waals surface area (Å²) in [4.78, 5) is 12.4. The van der Waals surface area contributed by atoms with E-state index < -0.39 is 12.1 Å². The van der Waals surface area contributed by atoms with E-state index in [-0.39, 0.29) is 12.5 Å². The van der Waals surface area contributed by atoms with Crippen LogP contribution in [0, 0.1) is 0 Å². The minimum atomic E-state index is -0.875. The monoisotopic (exact) mass is 764 g/mol. The van der Waals surface area contributed by atoms with Crippen molar-refractivity contribution < 1.29 is 15.0 Å². The Morgan fingerprint density at radius 3 is 1.27 bits per heavy atom. The van der Waals surface area contributed by atoms with E-state index >= 15 is 0 Å². The lowest BCUT2D eigenvalue weighted by molar-refractivity contribution is -0.123. The first-order valence-corrected chi connectivity index (χ1v) is 23.3. The van der Waals surface area contributed by atoms with Crippen LogP contribution in [-0.4, -0.2) is 34.9 Å². The second-order valence-corrected chi connectivity index (χ2v) is 15.4. The van der Waals surface area contributed by atoms with Crippen LogP contribution < -0.4 is 5.32 Å². The zero-order chi connectivity index (χ0) is 40.0. The summed E-state index contributed by atoms with van der Waals surface area (Å²) < 4.78 is 0. The van der Waals surface area contributed by atoms with Gasteiger partial charge in [0.15, 0.2) is 0 Å². The van der Waals surface area contributed by atoms with Gasteiger partial charge >= 0.3 is 0 Å². The minimum absolute atomic E-state index is 0.0836. The molecule has 0 aliphatic heterocycles. The zero-order valence-corrected chi connectivity index (χ0v) is 36.2.